The minimum Gasteiger partial charge on any atom is -0.340 e. The summed E-state index contributed by atoms with van der Waals surface area (Å²) in [5.74, 6) is -0.162. The van der Waals surface area contributed by atoms with Crippen molar-refractivity contribution in [1.29, 1.82) is 0 Å². The monoisotopic (exact) mass is 442 g/mol. The number of anilines is 3. The first kappa shape index (κ1) is 19.8. The summed E-state index contributed by atoms with van der Waals surface area (Å²) < 4.78 is 23.3. The number of hydrogen-bond acceptors (Lipinski definition) is 6. The van der Waals surface area contributed by atoms with Gasteiger partial charge in [-0.3, -0.25) is 9.89 Å². The second kappa shape index (κ2) is 7.75. The van der Waals surface area contributed by atoms with Crippen molar-refractivity contribution in [2.45, 2.75) is 4.90 Å². The van der Waals surface area contributed by atoms with Crippen LogP contribution < -0.4 is 15.8 Å². The number of primary sulfonamides is 1. The molecule has 0 aliphatic rings. The molecule has 5 N–H and O–H groups in total. The lowest BCUT2D eigenvalue weighted by atomic mass is 10.2. The minimum absolute atomic E-state index is 0.0339. The third kappa shape index (κ3) is 4.10. The van der Waals surface area contributed by atoms with E-state index in [1.807, 2.05) is 18.2 Å². The topological polar surface area (TPSA) is 143 Å². The molecule has 2 aromatic carbocycles. The van der Waals surface area contributed by atoms with Gasteiger partial charge in [-0.15, -0.1) is 0 Å². The quantitative estimate of drug-likeness (QED) is 0.373. The van der Waals surface area contributed by atoms with Gasteiger partial charge in [0.05, 0.1) is 22.3 Å². The van der Waals surface area contributed by atoms with Crippen LogP contribution in [0.2, 0.25) is 5.02 Å². The Kier molecular flexibility index (Phi) is 5.12. The molecule has 9 nitrogen and oxygen atoms in total. The number of pyridine rings is 1. The van der Waals surface area contributed by atoms with Crippen LogP contribution in [0.15, 0.2) is 65.8 Å². The molecular weight excluding hydrogens is 428 g/mol. The molecule has 0 radical (unpaired) electrons. The second-order valence-electron chi connectivity index (χ2n) is 6.34. The fourth-order valence-electron chi connectivity index (χ4n) is 2.84. The fraction of sp³-hybridized carbons (Fsp3) is 0. The molecule has 4 rings (SSSR count). The molecule has 30 heavy (non-hydrogen) atoms. The minimum atomic E-state index is -4.03. The maximum atomic E-state index is 12.8. The second-order valence-corrected chi connectivity index (χ2v) is 8.28. The largest absolute Gasteiger partial charge is 0.340 e. The summed E-state index contributed by atoms with van der Waals surface area (Å²) >= 11 is 5.88. The number of benzene rings is 2. The lowest BCUT2D eigenvalue weighted by Crippen LogP contribution is -2.16. The molecule has 2 heterocycles. The van der Waals surface area contributed by atoms with E-state index in [0.717, 1.165) is 10.9 Å². The maximum absolute atomic E-state index is 12.8. The van der Waals surface area contributed by atoms with Gasteiger partial charge in [0.15, 0.2) is 0 Å². The van der Waals surface area contributed by atoms with E-state index in [-0.39, 0.29) is 21.2 Å². The third-order valence-corrected chi connectivity index (χ3v) is 5.65. The number of aromatic nitrogens is 3. The fourth-order valence-corrected chi connectivity index (χ4v) is 3.91. The van der Waals surface area contributed by atoms with E-state index in [1.54, 1.807) is 24.5 Å². The van der Waals surface area contributed by atoms with E-state index >= 15 is 0 Å². The molecule has 11 heteroatoms. The number of fused-ring (bicyclic) bond motifs is 1. The summed E-state index contributed by atoms with van der Waals surface area (Å²) in [7, 11) is -4.03. The van der Waals surface area contributed by atoms with Crippen LogP contribution in [0.1, 0.15) is 10.4 Å². The highest BCUT2D eigenvalue weighted by molar-refractivity contribution is 7.89. The summed E-state index contributed by atoms with van der Waals surface area (Å²) in [6.45, 7) is 0. The Morgan fingerprint density at radius 1 is 1.10 bits per heavy atom. The Balaban J connectivity index is 1.61. The summed E-state index contributed by atoms with van der Waals surface area (Å²) in [6.07, 6.45) is 3.26. The predicted molar refractivity (Wildman–Crippen MR) is 114 cm³/mol. The van der Waals surface area contributed by atoms with E-state index in [2.05, 4.69) is 25.8 Å². The first-order valence-electron chi connectivity index (χ1n) is 8.60. The van der Waals surface area contributed by atoms with E-state index in [1.165, 1.54) is 18.2 Å². The van der Waals surface area contributed by atoms with Crippen LogP contribution in [-0.4, -0.2) is 29.5 Å². The van der Waals surface area contributed by atoms with E-state index in [9.17, 15) is 13.2 Å². The van der Waals surface area contributed by atoms with Crippen molar-refractivity contribution in [3.05, 3.63) is 71.5 Å². The number of hydrogen-bond donors (Lipinski definition) is 4. The SMILES string of the molecule is NS(=O)(=O)c1cc(NC(=O)c2cccnc2Nc2ccc3cn[nH]c3c2)ccc1Cl. The number of nitrogens with two attached hydrogens (primary N) is 1. The number of aromatic amines is 1. The van der Waals surface area contributed by atoms with E-state index < -0.39 is 15.9 Å². The highest BCUT2D eigenvalue weighted by Gasteiger charge is 2.17. The standard InChI is InChI=1S/C19H15ClN6O3S/c20-15-6-5-13(9-17(15)30(21,28)29)25-19(27)14-2-1-7-22-18(14)24-12-4-3-11-10-23-26-16(11)8-12/h1-10H,(H,22,24)(H,23,26)(H,25,27)(H2,21,28,29). The number of H-pyrrole nitrogens is 1. The van der Waals surface area contributed by atoms with E-state index in [0.29, 0.717) is 11.5 Å². The van der Waals surface area contributed by atoms with Gasteiger partial charge in [0.25, 0.3) is 5.91 Å². The van der Waals surface area contributed by atoms with Crippen LogP contribution >= 0.6 is 11.6 Å². The molecule has 0 fully saturated rings. The molecular formula is C19H15ClN6O3S. The number of carbonyl (C=O) groups is 1. The van der Waals surface area contributed by atoms with Crippen LogP contribution in [0.4, 0.5) is 17.2 Å². The highest BCUT2D eigenvalue weighted by atomic mass is 35.5. The smallest absolute Gasteiger partial charge is 0.259 e. The molecule has 4 aromatic rings. The Bertz CT molecular complexity index is 1370. The number of rotatable bonds is 5. The van der Waals surface area contributed by atoms with Crippen LogP contribution in [0.5, 0.6) is 0 Å². The van der Waals surface area contributed by atoms with Gasteiger partial charge in [-0.1, -0.05) is 11.6 Å². The molecule has 0 aliphatic carbocycles. The number of carbonyl (C=O) groups excluding carboxylic acids is 1. The Morgan fingerprint density at radius 3 is 2.70 bits per heavy atom. The first-order chi connectivity index (χ1) is 14.3. The van der Waals surface area contributed by atoms with Crippen molar-refractivity contribution < 1.29 is 13.2 Å². The molecule has 0 saturated carbocycles. The zero-order valence-corrected chi connectivity index (χ0v) is 16.8. The molecule has 0 atom stereocenters. The Hall–Kier alpha value is -3.47. The third-order valence-electron chi connectivity index (χ3n) is 4.25. The van der Waals surface area contributed by atoms with Gasteiger partial charge in [0.1, 0.15) is 10.7 Å². The zero-order valence-electron chi connectivity index (χ0n) is 15.3. The average Bonchev–Trinajstić information content (AvgIpc) is 3.17. The average molecular weight is 443 g/mol. The van der Waals surface area contributed by atoms with Crippen molar-refractivity contribution in [1.82, 2.24) is 15.2 Å². The Labute approximate surface area is 176 Å². The molecule has 0 aliphatic heterocycles. The first-order valence-corrected chi connectivity index (χ1v) is 10.5. The summed E-state index contributed by atoms with van der Waals surface area (Å²) in [4.78, 5) is 16.8. The Morgan fingerprint density at radius 2 is 1.90 bits per heavy atom. The van der Waals surface area contributed by atoms with Crippen molar-refractivity contribution in [3.8, 4) is 0 Å². The van der Waals surface area contributed by atoms with Gasteiger partial charge in [-0.2, -0.15) is 5.10 Å². The summed E-state index contributed by atoms with van der Waals surface area (Å²) in [5.41, 5.74) is 2.03. The van der Waals surface area contributed by atoms with Gasteiger partial charge in [-0.05, 0) is 48.5 Å². The van der Waals surface area contributed by atoms with Gasteiger partial charge < -0.3 is 10.6 Å². The van der Waals surface area contributed by atoms with Crippen LogP contribution in [0.25, 0.3) is 10.9 Å². The van der Waals surface area contributed by atoms with Gasteiger partial charge >= 0.3 is 0 Å². The van der Waals surface area contributed by atoms with Gasteiger partial charge in [0, 0.05) is 23.0 Å². The molecule has 0 saturated heterocycles. The number of sulfonamides is 1. The number of halogens is 1. The number of nitrogens with one attached hydrogen (secondary N) is 3. The maximum Gasteiger partial charge on any atom is 0.259 e. The van der Waals surface area contributed by atoms with Crippen LogP contribution in [0, 0.1) is 0 Å². The van der Waals surface area contributed by atoms with Crippen LogP contribution in [0.3, 0.4) is 0 Å². The predicted octanol–water partition coefficient (Wildman–Crippen LogP) is 3.25. The van der Waals surface area contributed by atoms with Crippen molar-refractivity contribution in [3.63, 3.8) is 0 Å². The summed E-state index contributed by atoms with van der Waals surface area (Å²) in [6, 6.07) is 12.8. The highest BCUT2D eigenvalue weighted by Crippen LogP contribution is 2.26. The summed E-state index contributed by atoms with van der Waals surface area (Å²) in [5, 5.41) is 18.7. The zero-order chi connectivity index (χ0) is 21.3. The molecule has 0 bridgehead atoms. The van der Waals surface area contributed by atoms with Crippen molar-refractivity contribution >= 4 is 55.6 Å². The van der Waals surface area contributed by atoms with Gasteiger partial charge in [-0.25, -0.2) is 18.5 Å². The number of nitrogens with zero attached hydrogens (tertiary/aromatic N) is 2. The van der Waals surface area contributed by atoms with Crippen molar-refractivity contribution in [2.24, 2.45) is 5.14 Å². The van der Waals surface area contributed by atoms with E-state index in [4.69, 9.17) is 16.7 Å². The van der Waals surface area contributed by atoms with Gasteiger partial charge in [0.2, 0.25) is 10.0 Å². The van der Waals surface area contributed by atoms with Crippen molar-refractivity contribution in [2.75, 3.05) is 10.6 Å². The lowest BCUT2D eigenvalue weighted by Gasteiger charge is -2.12. The molecule has 1 amide bonds. The number of amides is 1. The normalized spacial score (nSPS) is 11.4. The molecule has 0 spiro atoms. The molecule has 0 unspecified atom stereocenters. The molecule has 2 aromatic heterocycles. The molecule has 152 valence electrons. The lowest BCUT2D eigenvalue weighted by molar-refractivity contribution is 0.102. The van der Waals surface area contributed by atoms with Crippen LogP contribution in [-0.2, 0) is 10.0 Å².